The van der Waals surface area contributed by atoms with E-state index >= 15 is 0 Å². The van der Waals surface area contributed by atoms with Crippen LogP contribution in [0.3, 0.4) is 0 Å². The Balaban J connectivity index is 2.77. The van der Waals surface area contributed by atoms with Crippen molar-refractivity contribution in [2.75, 3.05) is 12.9 Å². The number of hydrogen-bond acceptors (Lipinski definition) is 5. The summed E-state index contributed by atoms with van der Waals surface area (Å²) in [6, 6.07) is 0. The molecule has 1 aromatic heterocycles. The van der Waals surface area contributed by atoms with Crippen LogP contribution < -0.4 is 0 Å². The van der Waals surface area contributed by atoms with Crippen LogP contribution in [0, 0.1) is 13.8 Å². The molecular formula is C15H21NO4S. The highest BCUT2D eigenvalue weighted by atomic mass is 32.2. The first-order chi connectivity index (χ1) is 9.79. The van der Waals surface area contributed by atoms with E-state index in [1.165, 1.54) is 25.8 Å². The maximum absolute atomic E-state index is 12.4. The normalized spacial score (nSPS) is 12.0. The van der Waals surface area contributed by atoms with Crippen LogP contribution in [0.25, 0.3) is 0 Å². The highest BCUT2D eigenvalue weighted by Gasteiger charge is 2.23. The van der Waals surface area contributed by atoms with Crippen LogP contribution in [0.1, 0.15) is 52.4 Å². The fraction of sp³-hybridized carbons (Fsp3) is 0.533. The van der Waals surface area contributed by atoms with Gasteiger partial charge in [0.1, 0.15) is 0 Å². The van der Waals surface area contributed by atoms with Crippen molar-refractivity contribution in [3.05, 3.63) is 22.5 Å². The first-order valence-electron chi connectivity index (χ1n) is 6.72. The summed E-state index contributed by atoms with van der Waals surface area (Å²) in [5, 5.41) is -0.286. The molecule has 0 saturated heterocycles. The minimum Gasteiger partial charge on any atom is -0.469 e. The number of ketones is 2. The second-order valence-corrected chi connectivity index (χ2v) is 6.33. The lowest BCUT2D eigenvalue weighted by Gasteiger charge is -2.09. The minimum atomic E-state index is -0.286. The molecule has 0 unspecified atom stereocenters. The first-order valence-corrected chi connectivity index (χ1v) is 7.77. The molecule has 116 valence electrons. The van der Waals surface area contributed by atoms with E-state index in [1.807, 2.05) is 0 Å². The number of carbonyl (C=O) groups is 3. The first kappa shape index (κ1) is 17.5. The van der Waals surface area contributed by atoms with E-state index in [0.717, 1.165) is 5.69 Å². The number of aryl methyl sites for hydroxylation is 1. The smallest absolute Gasteiger partial charge is 0.306 e. The molecule has 21 heavy (non-hydrogen) atoms. The second-order valence-electron chi connectivity index (χ2n) is 4.88. The number of Topliss-reactive ketones (excluding diaryl/α,β-unsaturated/α-hetero) is 2. The third-order valence-electron chi connectivity index (χ3n) is 3.31. The van der Waals surface area contributed by atoms with Crippen molar-refractivity contribution in [3.63, 3.8) is 0 Å². The average Bonchev–Trinajstić information content (AvgIpc) is 2.72. The second kappa shape index (κ2) is 7.45. The molecule has 0 fully saturated rings. The zero-order valence-corrected chi connectivity index (χ0v) is 13.8. The van der Waals surface area contributed by atoms with Crippen LogP contribution in [0.4, 0.5) is 0 Å². The molecule has 0 spiro atoms. The quantitative estimate of drug-likeness (QED) is 0.619. The fourth-order valence-corrected chi connectivity index (χ4v) is 3.13. The Morgan fingerprint density at radius 2 is 1.90 bits per heavy atom. The molecule has 0 radical (unpaired) electrons. The molecule has 0 saturated carbocycles. The molecule has 1 heterocycles. The largest absolute Gasteiger partial charge is 0.469 e. The van der Waals surface area contributed by atoms with Gasteiger partial charge in [0, 0.05) is 17.0 Å². The van der Waals surface area contributed by atoms with Crippen molar-refractivity contribution in [1.29, 1.82) is 0 Å². The van der Waals surface area contributed by atoms with Gasteiger partial charge < -0.3 is 9.72 Å². The third-order valence-corrected chi connectivity index (χ3v) is 4.46. The number of ether oxygens (including phenoxy) is 1. The van der Waals surface area contributed by atoms with Gasteiger partial charge in [-0.1, -0.05) is 0 Å². The summed E-state index contributed by atoms with van der Waals surface area (Å²) in [5.41, 5.74) is 2.49. The number of aromatic amines is 1. The van der Waals surface area contributed by atoms with E-state index in [1.54, 1.807) is 20.8 Å². The molecule has 0 aliphatic carbocycles. The lowest BCUT2D eigenvalue weighted by atomic mass is 10.0. The molecular weight excluding hydrogens is 290 g/mol. The van der Waals surface area contributed by atoms with Crippen molar-refractivity contribution in [1.82, 2.24) is 4.98 Å². The standard InChI is InChI=1S/C15H21NO4S/c1-8-13(10(3)17)9(2)16-14(8)15(19)11(4)21-7-6-12(18)20-5/h11,16H,6-7H2,1-5H3/t11-/m1/s1. The summed E-state index contributed by atoms with van der Waals surface area (Å²) in [6.07, 6.45) is 0.278. The number of H-pyrrole nitrogens is 1. The summed E-state index contributed by atoms with van der Waals surface area (Å²) >= 11 is 1.40. The van der Waals surface area contributed by atoms with Crippen LogP contribution in [0.15, 0.2) is 0 Å². The van der Waals surface area contributed by atoms with Gasteiger partial charge in [-0.05, 0) is 33.3 Å². The minimum absolute atomic E-state index is 0.0497. The molecule has 1 rings (SSSR count). The molecule has 5 nitrogen and oxygen atoms in total. The highest BCUT2D eigenvalue weighted by molar-refractivity contribution is 8.00. The number of aromatic nitrogens is 1. The molecule has 0 aliphatic heterocycles. The average molecular weight is 311 g/mol. The number of thioether (sulfide) groups is 1. The van der Waals surface area contributed by atoms with Crippen LogP contribution in [-0.4, -0.2) is 40.6 Å². The monoisotopic (exact) mass is 311 g/mol. The maximum atomic E-state index is 12.4. The van der Waals surface area contributed by atoms with Crippen LogP contribution in [0.2, 0.25) is 0 Å². The number of hydrogen-bond donors (Lipinski definition) is 1. The van der Waals surface area contributed by atoms with Crippen LogP contribution >= 0.6 is 11.8 Å². The Hall–Kier alpha value is -1.56. The summed E-state index contributed by atoms with van der Waals surface area (Å²) in [4.78, 5) is 38.1. The predicted octanol–water partition coefficient (Wildman–Crippen LogP) is 2.70. The Morgan fingerprint density at radius 3 is 2.38 bits per heavy atom. The summed E-state index contributed by atoms with van der Waals surface area (Å²) in [6.45, 7) is 6.86. The van der Waals surface area contributed by atoms with E-state index in [9.17, 15) is 14.4 Å². The molecule has 0 aliphatic rings. The van der Waals surface area contributed by atoms with E-state index in [2.05, 4.69) is 9.72 Å². The Morgan fingerprint density at radius 1 is 1.29 bits per heavy atom. The molecule has 1 atom stereocenters. The summed E-state index contributed by atoms with van der Waals surface area (Å²) < 4.78 is 4.56. The zero-order chi connectivity index (χ0) is 16.2. The van der Waals surface area contributed by atoms with Gasteiger partial charge in [-0.25, -0.2) is 0 Å². The van der Waals surface area contributed by atoms with Crippen molar-refractivity contribution < 1.29 is 19.1 Å². The number of esters is 1. The van der Waals surface area contributed by atoms with Gasteiger partial charge in [0.25, 0.3) is 0 Å². The van der Waals surface area contributed by atoms with E-state index in [0.29, 0.717) is 22.6 Å². The highest BCUT2D eigenvalue weighted by Crippen LogP contribution is 2.23. The molecule has 0 amide bonds. The fourth-order valence-electron chi connectivity index (χ4n) is 2.22. The predicted molar refractivity (Wildman–Crippen MR) is 83.2 cm³/mol. The van der Waals surface area contributed by atoms with Gasteiger partial charge in [-0.3, -0.25) is 14.4 Å². The maximum Gasteiger partial charge on any atom is 0.306 e. The number of carbonyl (C=O) groups excluding carboxylic acids is 3. The molecule has 6 heteroatoms. The Bertz CT molecular complexity index is 562. The van der Waals surface area contributed by atoms with Gasteiger partial charge in [-0.15, -0.1) is 11.8 Å². The van der Waals surface area contributed by atoms with Gasteiger partial charge in [-0.2, -0.15) is 0 Å². The van der Waals surface area contributed by atoms with Crippen molar-refractivity contribution in [2.24, 2.45) is 0 Å². The van der Waals surface area contributed by atoms with Gasteiger partial charge in [0.05, 0.1) is 24.5 Å². The van der Waals surface area contributed by atoms with E-state index < -0.39 is 0 Å². The van der Waals surface area contributed by atoms with Gasteiger partial charge in [0.15, 0.2) is 11.6 Å². The number of rotatable bonds is 7. The van der Waals surface area contributed by atoms with Crippen molar-refractivity contribution >= 4 is 29.3 Å². The van der Waals surface area contributed by atoms with Crippen LogP contribution in [0.5, 0.6) is 0 Å². The lowest BCUT2D eigenvalue weighted by molar-refractivity contribution is -0.140. The number of methoxy groups -OCH3 is 1. The molecule has 0 aromatic carbocycles. The van der Waals surface area contributed by atoms with Gasteiger partial charge >= 0.3 is 5.97 Å². The summed E-state index contributed by atoms with van der Waals surface area (Å²) in [7, 11) is 1.34. The van der Waals surface area contributed by atoms with Crippen LogP contribution in [-0.2, 0) is 9.53 Å². The zero-order valence-electron chi connectivity index (χ0n) is 13.0. The molecule has 0 bridgehead atoms. The molecule has 1 aromatic rings. The Kier molecular flexibility index (Phi) is 6.20. The van der Waals surface area contributed by atoms with Crippen molar-refractivity contribution in [2.45, 2.75) is 39.4 Å². The molecule has 1 N–H and O–H groups in total. The topological polar surface area (TPSA) is 76.2 Å². The Labute approximate surface area is 128 Å². The third kappa shape index (κ3) is 4.20. The van der Waals surface area contributed by atoms with E-state index in [4.69, 9.17) is 0 Å². The number of nitrogens with one attached hydrogen (secondary N) is 1. The lowest BCUT2D eigenvalue weighted by Crippen LogP contribution is -2.16. The summed E-state index contributed by atoms with van der Waals surface area (Å²) in [5.74, 6) is 0.134. The SMILES string of the molecule is COC(=O)CCS[C@H](C)C(=O)c1[nH]c(C)c(C(C)=O)c1C. The van der Waals surface area contributed by atoms with Crippen molar-refractivity contribution in [3.8, 4) is 0 Å². The van der Waals surface area contributed by atoms with Gasteiger partial charge in [0.2, 0.25) is 0 Å². The van der Waals surface area contributed by atoms with E-state index in [-0.39, 0.29) is 29.2 Å².